The van der Waals surface area contributed by atoms with Crippen molar-refractivity contribution >= 4 is 11.7 Å². The quantitative estimate of drug-likeness (QED) is 0.340. The lowest BCUT2D eigenvalue weighted by atomic mass is 10.3. The van der Waals surface area contributed by atoms with Crippen LogP contribution in [0.3, 0.4) is 0 Å². The number of likely N-dealkylation sites (tertiary alicyclic amines) is 1. The lowest BCUT2D eigenvalue weighted by Crippen LogP contribution is -2.26. The first-order chi connectivity index (χ1) is 5.74. The predicted octanol–water partition coefficient (Wildman–Crippen LogP) is 0.201. The third-order valence-corrected chi connectivity index (χ3v) is 1.82. The molecule has 0 radical (unpaired) electrons. The molecule has 0 N–H and O–H groups in total. The molecule has 12 heavy (non-hydrogen) atoms. The van der Waals surface area contributed by atoms with Crippen LogP contribution in [0, 0.1) is 12.3 Å². The second-order valence-electron chi connectivity index (χ2n) is 2.84. The van der Waals surface area contributed by atoms with Crippen LogP contribution in [0.15, 0.2) is 0 Å². The van der Waals surface area contributed by atoms with Crippen molar-refractivity contribution in [3.63, 3.8) is 0 Å². The molecule has 1 fully saturated rings. The molecule has 1 aliphatic heterocycles. The van der Waals surface area contributed by atoms with Gasteiger partial charge in [-0.15, -0.1) is 12.3 Å². The molecule has 1 heterocycles. The standard InChI is InChI=1S/C9H11NO2/c1-2-3-4-5-10-7-8(11)6-9(10)12/h1H,3-7H2. The summed E-state index contributed by atoms with van der Waals surface area (Å²) in [7, 11) is 0. The molecule has 3 nitrogen and oxygen atoms in total. The van der Waals surface area contributed by atoms with Gasteiger partial charge in [0.1, 0.15) is 0 Å². The highest BCUT2D eigenvalue weighted by atomic mass is 16.2. The summed E-state index contributed by atoms with van der Waals surface area (Å²) in [5.41, 5.74) is 0. The second kappa shape index (κ2) is 3.91. The number of rotatable bonds is 3. The molecule has 1 saturated heterocycles. The van der Waals surface area contributed by atoms with E-state index < -0.39 is 0 Å². The van der Waals surface area contributed by atoms with Crippen molar-refractivity contribution in [1.29, 1.82) is 0 Å². The lowest BCUT2D eigenvalue weighted by Gasteiger charge is -2.12. The van der Waals surface area contributed by atoms with E-state index in [0.717, 1.165) is 6.42 Å². The van der Waals surface area contributed by atoms with Gasteiger partial charge in [-0.3, -0.25) is 9.59 Å². The molecule has 0 atom stereocenters. The molecule has 3 heteroatoms. The van der Waals surface area contributed by atoms with E-state index in [1.165, 1.54) is 0 Å². The Balaban J connectivity index is 2.29. The lowest BCUT2D eigenvalue weighted by molar-refractivity contribution is -0.127. The molecular formula is C9H11NO2. The monoisotopic (exact) mass is 165 g/mol. The van der Waals surface area contributed by atoms with Crippen molar-refractivity contribution < 1.29 is 9.59 Å². The Labute approximate surface area is 71.7 Å². The topological polar surface area (TPSA) is 37.4 Å². The smallest absolute Gasteiger partial charge is 0.230 e. The first-order valence-electron chi connectivity index (χ1n) is 3.97. The summed E-state index contributed by atoms with van der Waals surface area (Å²) in [6, 6.07) is 0. The van der Waals surface area contributed by atoms with Crippen molar-refractivity contribution in [2.45, 2.75) is 19.3 Å². The summed E-state index contributed by atoms with van der Waals surface area (Å²) < 4.78 is 0. The number of terminal acetylenes is 1. The third kappa shape index (κ3) is 2.09. The van der Waals surface area contributed by atoms with Gasteiger partial charge in [-0.25, -0.2) is 0 Å². The Bertz CT molecular complexity index is 239. The van der Waals surface area contributed by atoms with Gasteiger partial charge in [0.05, 0.1) is 13.0 Å². The van der Waals surface area contributed by atoms with Gasteiger partial charge >= 0.3 is 0 Å². The molecule has 0 aromatic heterocycles. The van der Waals surface area contributed by atoms with Crippen molar-refractivity contribution in [1.82, 2.24) is 4.90 Å². The fourth-order valence-electron chi connectivity index (χ4n) is 1.21. The molecule has 1 amide bonds. The molecule has 64 valence electrons. The van der Waals surface area contributed by atoms with Crippen LogP contribution in [0.2, 0.25) is 0 Å². The number of nitrogens with zero attached hydrogens (tertiary/aromatic N) is 1. The van der Waals surface area contributed by atoms with E-state index >= 15 is 0 Å². The maximum absolute atomic E-state index is 11.0. The number of hydrogen-bond acceptors (Lipinski definition) is 2. The fraction of sp³-hybridized carbons (Fsp3) is 0.556. The third-order valence-electron chi connectivity index (χ3n) is 1.82. The van der Waals surface area contributed by atoms with E-state index in [-0.39, 0.29) is 24.7 Å². The van der Waals surface area contributed by atoms with E-state index in [9.17, 15) is 9.59 Å². The molecule has 1 rings (SSSR count). The summed E-state index contributed by atoms with van der Waals surface area (Å²) in [5.74, 6) is 2.45. The minimum absolute atomic E-state index is 0.0145. The summed E-state index contributed by atoms with van der Waals surface area (Å²) in [6.45, 7) is 0.901. The average Bonchev–Trinajstić information content (AvgIpc) is 2.31. The Morgan fingerprint density at radius 1 is 1.50 bits per heavy atom. The van der Waals surface area contributed by atoms with Crippen LogP contribution in [0.25, 0.3) is 0 Å². The zero-order valence-corrected chi connectivity index (χ0v) is 6.88. The van der Waals surface area contributed by atoms with Crippen molar-refractivity contribution in [3.05, 3.63) is 0 Å². The molecule has 0 aromatic carbocycles. The minimum atomic E-state index is -0.0583. The second-order valence-corrected chi connectivity index (χ2v) is 2.84. The van der Waals surface area contributed by atoms with Gasteiger partial charge < -0.3 is 4.90 Å². The van der Waals surface area contributed by atoms with Gasteiger partial charge in [0.15, 0.2) is 5.78 Å². The van der Waals surface area contributed by atoms with Crippen LogP contribution < -0.4 is 0 Å². The van der Waals surface area contributed by atoms with Crippen LogP contribution in [-0.4, -0.2) is 29.7 Å². The highest BCUT2D eigenvalue weighted by molar-refractivity contribution is 6.05. The minimum Gasteiger partial charge on any atom is -0.335 e. The van der Waals surface area contributed by atoms with E-state index in [2.05, 4.69) is 5.92 Å². The van der Waals surface area contributed by atoms with E-state index in [1.54, 1.807) is 4.90 Å². The maximum Gasteiger partial charge on any atom is 0.230 e. The summed E-state index contributed by atoms with van der Waals surface area (Å²) in [4.78, 5) is 23.4. The maximum atomic E-state index is 11.0. The van der Waals surface area contributed by atoms with Gasteiger partial charge in [0.2, 0.25) is 5.91 Å². The normalized spacial score (nSPS) is 16.8. The predicted molar refractivity (Wildman–Crippen MR) is 44.3 cm³/mol. The molecule has 1 aliphatic rings. The molecule has 0 bridgehead atoms. The first kappa shape index (κ1) is 8.79. The molecule has 0 saturated carbocycles. The largest absolute Gasteiger partial charge is 0.335 e. The highest BCUT2D eigenvalue weighted by Crippen LogP contribution is 2.07. The van der Waals surface area contributed by atoms with Crippen LogP contribution in [0.5, 0.6) is 0 Å². The Morgan fingerprint density at radius 2 is 2.25 bits per heavy atom. The van der Waals surface area contributed by atoms with Crippen LogP contribution in [0.1, 0.15) is 19.3 Å². The molecular weight excluding hydrogens is 154 g/mol. The van der Waals surface area contributed by atoms with Crippen molar-refractivity contribution in [2.75, 3.05) is 13.1 Å². The van der Waals surface area contributed by atoms with Crippen LogP contribution in [-0.2, 0) is 9.59 Å². The summed E-state index contributed by atoms with van der Waals surface area (Å²) in [6.07, 6.45) is 6.59. The Morgan fingerprint density at radius 3 is 2.75 bits per heavy atom. The number of hydrogen-bond donors (Lipinski definition) is 0. The molecule has 0 aliphatic carbocycles. The number of unbranched alkanes of at least 4 members (excludes halogenated alkanes) is 1. The Kier molecular flexibility index (Phi) is 2.87. The summed E-state index contributed by atoms with van der Waals surface area (Å²) in [5, 5.41) is 0. The van der Waals surface area contributed by atoms with Gasteiger partial charge in [0, 0.05) is 13.0 Å². The van der Waals surface area contributed by atoms with Gasteiger partial charge in [-0.2, -0.15) is 0 Å². The van der Waals surface area contributed by atoms with Crippen molar-refractivity contribution in [2.24, 2.45) is 0 Å². The van der Waals surface area contributed by atoms with E-state index in [0.29, 0.717) is 13.0 Å². The van der Waals surface area contributed by atoms with E-state index in [1.807, 2.05) is 0 Å². The van der Waals surface area contributed by atoms with Crippen LogP contribution in [0.4, 0.5) is 0 Å². The number of carbonyl (C=O) groups is 2. The number of amides is 1. The average molecular weight is 165 g/mol. The van der Waals surface area contributed by atoms with E-state index in [4.69, 9.17) is 6.42 Å². The number of ketones is 1. The van der Waals surface area contributed by atoms with Gasteiger partial charge in [-0.1, -0.05) is 0 Å². The SMILES string of the molecule is C#CCCCN1CC(=O)CC1=O. The number of Topliss-reactive ketones (excluding diaryl/α,β-unsaturated/α-hetero) is 1. The summed E-state index contributed by atoms with van der Waals surface area (Å²) >= 11 is 0. The van der Waals surface area contributed by atoms with Gasteiger partial charge in [-0.05, 0) is 6.42 Å². The fourth-order valence-corrected chi connectivity index (χ4v) is 1.21. The van der Waals surface area contributed by atoms with Crippen LogP contribution >= 0.6 is 0 Å². The highest BCUT2D eigenvalue weighted by Gasteiger charge is 2.26. The van der Waals surface area contributed by atoms with Crippen molar-refractivity contribution in [3.8, 4) is 12.3 Å². The first-order valence-corrected chi connectivity index (χ1v) is 3.97. The molecule has 0 spiro atoms. The zero-order chi connectivity index (χ0) is 8.97. The molecule has 0 unspecified atom stereocenters. The molecule has 0 aromatic rings. The Hall–Kier alpha value is -1.30. The van der Waals surface area contributed by atoms with Gasteiger partial charge in [0.25, 0.3) is 0 Å². The number of carbonyl (C=O) groups excluding carboxylic acids is 2. The zero-order valence-electron chi connectivity index (χ0n) is 6.88.